The predicted octanol–water partition coefficient (Wildman–Crippen LogP) is 2.38. The number of rotatable bonds is 10. The van der Waals surface area contributed by atoms with Crippen molar-refractivity contribution in [2.45, 2.75) is 37.6 Å². The fourth-order valence-electron chi connectivity index (χ4n) is 4.10. The van der Waals surface area contributed by atoms with Gasteiger partial charge < -0.3 is 15.8 Å². The number of carbonyl (C=O) groups excluding carboxylic acids is 1. The molecule has 3 rings (SSSR count). The van der Waals surface area contributed by atoms with E-state index in [0.29, 0.717) is 12.3 Å². The molecular weight excluding hydrogens is 364 g/mol. The molecule has 1 amide bonds. The standard InChI is InChI=1S/C23H32N4O2/c1-29-21-4-2-20(3-5-21)23(22(24)28,12-6-18-7-13-25-14-8-18)27-17-11-19-9-15-26-16-10-19/h2-5,7-8,13-14,19,26-27H,6,9-12,15-17H2,1H3,(H2,24,28). The van der Waals surface area contributed by atoms with Gasteiger partial charge in [0.2, 0.25) is 5.91 Å². The number of primary amides is 1. The summed E-state index contributed by atoms with van der Waals surface area (Å²) in [5, 5.41) is 6.96. The number of piperidine rings is 1. The van der Waals surface area contributed by atoms with Crippen LogP contribution in [0.3, 0.4) is 0 Å². The number of pyridine rings is 1. The van der Waals surface area contributed by atoms with Crippen LogP contribution in [0.15, 0.2) is 48.8 Å². The Bertz CT molecular complexity index is 760. The van der Waals surface area contributed by atoms with E-state index in [1.165, 1.54) is 12.8 Å². The maximum absolute atomic E-state index is 12.8. The maximum Gasteiger partial charge on any atom is 0.242 e. The molecule has 0 spiro atoms. The number of nitrogens with one attached hydrogen (secondary N) is 2. The van der Waals surface area contributed by atoms with E-state index in [1.54, 1.807) is 19.5 Å². The smallest absolute Gasteiger partial charge is 0.242 e. The second-order valence-corrected chi connectivity index (χ2v) is 7.76. The number of hydrogen-bond acceptors (Lipinski definition) is 5. The number of aryl methyl sites for hydroxylation is 1. The van der Waals surface area contributed by atoms with E-state index < -0.39 is 5.54 Å². The zero-order chi connectivity index (χ0) is 20.5. The molecule has 1 aliphatic rings. The highest BCUT2D eigenvalue weighted by atomic mass is 16.5. The lowest BCUT2D eigenvalue weighted by atomic mass is 9.83. The molecule has 0 bridgehead atoms. The Morgan fingerprint density at radius 1 is 1.21 bits per heavy atom. The predicted molar refractivity (Wildman–Crippen MR) is 115 cm³/mol. The van der Waals surface area contributed by atoms with Gasteiger partial charge in [-0.15, -0.1) is 0 Å². The van der Waals surface area contributed by atoms with E-state index in [4.69, 9.17) is 10.5 Å². The second-order valence-electron chi connectivity index (χ2n) is 7.76. The molecule has 0 radical (unpaired) electrons. The number of methoxy groups -OCH3 is 1. The topological polar surface area (TPSA) is 89.3 Å². The minimum Gasteiger partial charge on any atom is -0.497 e. The average Bonchev–Trinajstić information content (AvgIpc) is 2.77. The van der Waals surface area contributed by atoms with Crippen LogP contribution in [0.1, 0.15) is 36.8 Å². The summed E-state index contributed by atoms with van der Waals surface area (Å²) < 4.78 is 5.28. The molecule has 0 aliphatic carbocycles. The number of benzene rings is 1. The Morgan fingerprint density at radius 3 is 2.52 bits per heavy atom. The Morgan fingerprint density at radius 2 is 1.90 bits per heavy atom. The summed E-state index contributed by atoms with van der Waals surface area (Å²) in [5.74, 6) is 1.10. The highest BCUT2D eigenvalue weighted by Crippen LogP contribution is 2.29. The van der Waals surface area contributed by atoms with Crippen molar-refractivity contribution in [1.29, 1.82) is 0 Å². The van der Waals surface area contributed by atoms with Crippen molar-refractivity contribution in [2.75, 3.05) is 26.7 Å². The van der Waals surface area contributed by atoms with Crippen molar-refractivity contribution >= 4 is 5.91 Å². The van der Waals surface area contributed by atoms with Gasteiger partial charge in [-0.3, -0.25) is 15.1 Å². The lowest BCUT2D eigenvalue weighted by Gasteiger charge is -2.34. The van der Waals surface area contributed by atoms with Crippen molar-refractivity contribution in [3.05, 3.63) is 59.9 Å². The minimum absolute atomic E-state index is 0.345. The summed E-state index contributed by atoms with van der Waals surface area (Å²) in [6.07, 6.45) is 8.29. The molecule has 1 aromatic heterocycles. The van der Waals surface area contributed by atoms with Crippen LogP contribution in [0.2, 0.25) is 0 Å². The van der Waals surface area contributed by atoms with Gasteiger partial charge in [0.25, 0.3) is 0 Å². The number of nitrogens with zero attached hydrogens (tertiary/aromatic N) is 1. The fourth-order valence-corrected chi connectivity index (χ4v) is 4.10. The minimum atomic E-state index is -0.914. The van der Waals surface area contributed by atoms with Crippen LogP contribution in [0.25, 0.3) is 0 Å². The molecule has 156 valence electrons. The molecule has 1 aliphatic heterocycles. The van der Waals surface area contributed by atoms with Crippen molar-refractivity contribution in [3.63, 3.8) is 0 Å². The number of carbonyl (C=O) groups is 1. The zero-order valence-electron chi connectivity index (χ0n) is 17.2. The molecule has 1 saturated heterocycles. The van der Waals surface area contributed by atoms with Crippen molar-refractivity contribution in [1.82, 2.24) is 15.6 Å². The Hall–Kier alpha value is -2.44. The summed E-state index contributed by atoms with van der Waals surface area (Å²) in [5.41, 5.74) is 7.11. The van der Waals surface area contributed by atoms with Crippen LogP contribution >= 0.6 is 0 Å². The average molecular weight is 397 g/mol. The third kappa shape index (κ3) is 5.55. The molecule has 1 fully saturated rings. The van der Waals surface area contributed by atoms with Crippen molar-refractivity contribution in [2.24, 2.45) is 11.7 Å². The third-order valence-corrected chi connectivity index (χ3v) is 5.98. The molecule has 2 heterocycles. The number of ether oxygens (including phenoxy) is 1. The van der Waals surface area contributed by atoms with Gasteiger partial charge in [-0.2, -0.15) is 0 Å². The largest absolute Gasteiger partial charge is 0.497 e. The summed E-state index contributed by atoms with van der Waals surface area (Å²) in [7, 11) is 1.64. The van der Waals surface area contributed by atoms with E-state index in [1.807, 2.05) is 36.4 Å². The molecule has 4 N–H and O–H groups in total. The number of nitrogens with two attached hydrogens (primary N) is 1. The summed E-state index contributed by atoms with van der Waals surface area (Å²) in [6.45, 7) is 2.91. The Kier molecular flexibility index (Phi) is 7.61. The second kappa shape index (κ2) is 10.4. The third-order valence-electron chi connectivity index (χ3n) is 5.98. The fraction of sp³-hybridized carbons (Fsp3) is 0.478. The van der Waals surface area contributed by atoms with E-state index in [9.17, 15) is 4.79 Å². The molecule has 1 aromatic carbocycles. The number of hydrogen-bond donors (Lipinski definition) is 3. The highest BCUT2D eigenvalue weighted by Gasteiger charge is 2.38. The quantitative estimate of drug-likeness (QED) is 0.574. The monoisotopic (exact) mass is 396 g/mol. The first-order valence-corrected chi connectivity index (χ1v) is 10.4. The van der Waals surface area contributed by atoms with E-state index in [-0.39, 0.29) is 5.91 Å². The summed E-state index contributed by atoms with van der Waals surface area (Å²) in [4.78, 5) is 16.9. The van der Waals surface area contributed by atoms with Crippen LogP contribution < -0.4 is 21.1 Å². The first-order chi connectivity index (χ1) is 14.1. The molecule has 29 heavy (non-hydrogen) atoms. The van der Waals surface area contributed by atoms with Crippen molar-refractivity contribution < 1.29 is 9.53 Å². The molecule has 2 aromatic rings. The first kappa shape index (κ1) is 21.3. The molecular formula is C23H32N4O2. The van der Waals surface area contributed by atoms with E-state index >= 15 is 0 Å². The number of aromatic nitrogens is 1. The summed E-state index contributed by atoms with van der Waals surface area (Å²) >= 11 is 0. The van der Waals surface area contributed by atoms with Crippen molar-refractivity contribution in [3.8, 4) is 5.75 Å². The van der Waals surface area contributed by atoms with Crippen LogP contribution in [-0.2, 0) is 16.8 Å². The van der Waals surface area contributed by atoms with Crippen LogP contribution in [0, 0.1) is 5.92 Å². The van der Waals surface area contributed by atoms with Gasteiger partial charge in [0.05, 0.1) is 7.11 Å². The van der Waals surface area contributed by atoms with E-state index in [2.05, 4.69) is 15.6 Å². The maximum atomic E-state index is 12.8. The first-order valence-electron chi connectivity index (χ1n) is 10.4. The van der Waals surface area contributed by atoms with Gasteiger partial charge in [0, 0.05) is 12.4 Å². The van der Waals surface area contributed by atoms with Gasteiger partial charge in [0.15, 0.2) is 0 Å². The lowest BCUT2D eigenvalue weighted by molar-refractivity contribution is -0.125. The van der Waals surface area contributed by atoms with Gasteiger partial charge >= 0.3 is 0 Å². The molecule has 1 atom stereocenters. The summed E-state index contributed by atoms with van der Waals surface area (Å²) in [6, 6.07) is 11.6. The highest BCUT2D eigenvalue weighted by molar-refractivity contribution is 5.86. The Balaban J connectivity index is 1.78. The normalized spacial score (nSPS) is 16.9. The SMILES string of the molecule is COc1ccc(C(CCc2ccncc2)(NCCC2CCNCC2)C(N)=O)cc1. The van der Waals surface area contributed by atoms with Crippen LogP contribution in [0.5, 0.6) is 5.75 Å². The van der Waals surface area contributed by atoms with Gasteiger partial charge in [-0.25, -0.2) is 0 Å². The zero-order valence-corrected chi connectivity index (χ0v) is 17.2. The molecule has 6 heteroatoms. The van der Waals surface area contributed by atoms with Crippen LogP contribution in [0.4, 0.5) is 0 Å². The van der Waals surface area contributed by atoms with Gasteiger partial charge in [0.1, 0.15) is 11.3 Å². The molecule has 6 nitrogen and oxygen atoms in total. The lowest BCUT2D eigenvalue weighted by Crippen LogP contribution is -2.53. The molecule has 0 saturated carbocycles. The van der Waals surface area contributed by atoms with Gasteiger partial charge in [-0.05, 0) is 93.0 Å². The molecule has 1 unspecified atom stereocenters. The van der Waals surface area contributed by atoms with Crippen LogP contribution in [-0.4, -0.2) is 37.6 Å². The van der Waals surface area contributed by atoms with Gasteiger partial charge in [-0.1, -0.05) is 12.1 Å². The number of amides is 1. The Labute approximate surface area is 173 Å². The van der Waals surface area contributed by atoms with E-state index in [0.717, 1.165) is 49.4 Å².